The van der Waals surface area contributed by atoms with Crippen molar-refractivity contribution in [3.63, 3.8) is 0 Å². The zero-order valence-corrected chi connectivity index (χ0v) is 15.8. The number of hydrogen-bond acceptors (Lipinski definition) is 6. The van der Waals surface area contributed by atoms with Gasteiger partial charge in [0.2, 0.25) is 0 Å². The van der Waals surface area contributed by atoms with E-state index in [1.165, 1.54) is 5.56 Å². The molecule has 142 valence electrons. The monoisotopic (exact) mass is 381 g/mol. The molecular weight excluding hydrogens is 362 g/mol. The minimum absolute atomic E-state index is 0.115. The Morgan fingerprint density at radius 2 is 1.83 bits per heavy atom. The first kappa shape index (κ1) is 17.1. The molecule has 1 unspecified atom stereocenters. The largest absolute Gasteiger partial charge is 0.369 e. The van der Waals surface area contributed by atoms with Crippen LogP contribution in [0.1, 0.15) is 18.5 Å². The molecular formula is C22H19N7. The molecule has 0 aliphatic heterocycles. The molecule has 4 N–H and O–H groups in total. The molecule has 1 atom stereocenters. The van der Waals surface area contributed by atoms with Gasteiger partial charge in [-0.05, 0) is 36.2 Å². The van der Waals surface area contributed by atoms with Crippen LogP contribution < -0.4 is 11.1 Å². The molecule has 0 radical (unpaired) electrons. The Morgan fingerprint density at radius 1 is 0.966 bits per heavy atom. The van der Waals surface area contributed by atoms with Crippen LogP contribution in [0.4, 0.5) is 11.8 Å². The van der Waals surface area contributed by atoms with Crippen LogP contribution in [-0.2, 0) is 0 Å². The summed E-state index contributed by atoms with van der Waals surface area (Å²) in [6, 6.07) is 18.5. The molecule has 5 rings (SSSR count). The molecule has 0 bridgehead atoms. The topological polar surface area (TPSA) is 105 Å². The number of imidazole rings is 1. The molecule has 0 aliphatic rings. The molecule has 2 aromatic carbocycles. The summed E-state index contributed by atoms with van der Waals surface area (Å²) in [5, 5.41) is 4.47. The molecule has 0 spiro atoms. The summed E-state index contributed by atoms with van der Waals surface area (Å²) in [4.78, 5) is 20.5. The number of rotatable bonds is 4. The Balaban J connectivity index is 1.55. The van der Waals surface area contributed by atoms with Crippen LogP contribution in [0.15, 0.2) is 67.1 Å². The Morgan fingerprint density at radius 3 is 2.69 bits per heavy atom. The van der Waals surface area contributed by atoms with Crippen LogP contribution in [0.2, 0.25) is 0 Å². The number of anilines is 2. The standard InChI is InChI=1S/C22H19N7/c1-13(14-5-3-2-4-6-14)27-20-17-9-15(7-8-18(17)25-12-26-20)16-10-19-21(24-11-16)29-22(23)28-19/h2-13H,1H3,(H,25,26,27)(H3,23,24,28,29). The highest BCUT2D eigenvalue weighted by Gasteiger charge is 2.11. The van der Waals surface area contributed by atoms with E-state index in [2.05, 4.69) is 55.4 Å². The van der Waals surface area contributed by atoms with E-state index in [1.54, 1.807) is 12.5 Å². The van der Waals surface area contributed by atoms with Gasteiger partial charge in [0.1, 0.15) is 12.1 Å². The summed E-state index contributed by atoms with van der Waals surface area (Å²) < 4.78 is 0. The summed E-state index contributed by atoms with van der Waals surface area (Å²) in [6.07, 6.45) is 3.39. The second-order valence-corrected chi connectivity index (χ2v) is 6.95. The van der Waals surface area contributed by atoms with Crippen LogP contribution in [-0.4, -0.2) is 24.9 Å². The summed E-state index contributed by atoms with van der Waals surface area (Å²) in [5.41, 5.74) is 11.2. The van der Waals surface area contributed by atoms with Gasteiger partial charge in [-0.25, -0.2) is 15.0 Å². The van der Waals surface area contributed by atoms with E-state index < -0.39 is 0 Å². The summed E-state index contributed by atoms with van der Waals surface area (Å²) >= 11 is 0. The van der Waals surface area contributed by atoms with E-state index in [9.17, 15) is 0 Å². The van der Waals surface area contributed by atoms with Gasteiger partial charge in [0.25, 0.3) is 0 Å². The van der Waals surface area contributed by atoms with Gasteiger partial charge in [-0.1, -0.05) is 36.4 Å². The molecule has 0 saturated carbocycles. The van der Waals surface area contributed by atoms with Crippen molar-refractivity contribution in [3.05, 3.63) is 72.7 Å². The maximum atomic E-state index is 5.74. The summed E-state index contributed by atoms with van der Waals surface area (Å²) in [7, 11) is 0. The fourth-order valence-electron chi connectivity index (χ4n) is 3.46. The van der Waals surface area contributed by atoms with Crippen LogP contribution in [0.3, 0.4) is 0 Å². The highest BCUT2D eigenvalue weighted by molar-refractivity contribution is 5.93. The first-order valence-corrected chi connectivity index (χ1v) is 9.35. The van der Waals surface area contributed by atoms with Gasteiger partial charge in [-0.3, -0.25) is 0 Å². The van der Waals surface area contributed by atoms with Crippen LogP contribution in [0, 0.1) is 0 Å². The van der Waals surface area contributed by atoms with Crippen molar-refractivity contribution in [3.8, 4) is 11.1 Å². The molecule has 3 heterocycles. The quantitative estimate of drug-likeness (QED) is 0.428. The fourth-order valence-corrected chi connectivity index (χ4v) is 3.46. The Hall–Kier alpha value is -4.00. The number of benzene rings is 2. The van der Waals surface area contributed by atoms with Gasteiger partial charge in [0.05, 0.1) is 11.0 Å². The Kier molecular flexibility index (Phi) is 4.05. The minimum Gasteiger partial charge on any atom is -0.369 e. The van der Waals surface area contributed by atoms with E-state index in [-0.39, 0.29) is 6.04 Å². The number of hydrogen-bond donors (Lipinski definition) is 3. The average molecular weight is 381 g/mol. The Bertz CT molecular complexity index is 1310. The second-order valence-electron chi connectivity index (χ2n) is 6.95. The number of nitrogens with one attached hydrogen (secondary N) is 2. The molecule has 0 fully saturated rings. The number of fused-ring (bicyclic) bond motifs is 2. The molecule has 3 aromatic heterocycles. The van der Waals surface area contributed by atoms with E-state index >= 15 is 0 Å². The van der Waals surface area contributed by atoms with Crippen molar-refractivity contribution >= 4 is 33.8 Å². The number of aromatic amines is 1. The smallest absolute Gasteiger partial charge is 0.200 e. The van der Waals surface area contributed by atoms with Gasteiger partial charge >= 0.3 is 0 Å². The first-order valence-electron chi connectivity index (χ1n) is 9.35. The first-order chi connectivity index (χ1) is 14.2. The number of nitrogen functional groups attached to an aromatic ring is 1. The number of H-pyrrole nitrogens is 1. The lowest BCUT2D eigenvalue weighted by atomic mass is 10.0. The van der Waals surface area contributed by atoms with Crippen molar-refractivity contribution in [2.45, 2.75) is 13.0 Å². The van der Waals surface area contributed by atoms with Crippen molar-refractivity contribution < 1.29 is 0 Å². The number of pyridine rings is 1. The molecule has 5 aromatic rings. The normalized spacial score (nSPS) is 12.3. The SMILES string of the molecule is CC(Nc1ncnc2ccc(-c3cnc4nc(N)[nH]c4c3)cc12)c1ccccc1. The lowest BCUT2D eigenvalue weighted by Crippen LogP contribution is -2.08. The summed E-state index contributed by atoms with van der Waals surface area (Å²) in [6.45, 7) is 2.12. The van der Waals surface area contributed by atoms with E-state index in [4.69, 9.17) is 5.73 Å². The van der Waals surface area contributed by atoms with Crippen LogP contribution in [0.5, 0.6) is 0 Å². The van der Waals surface area contributed by atoms with Crippen LogP contribution in [0.25, 0.3) is 33.2 Å². The molecule has 7 nitrogen and oxygen atoms in total. The molecule has 7 heteroatoms. The molecule has 29 heavy (non-hydrogen) atoms. The van der Waals surface area contributed by atoms with Crippen LogP contribution >= 0.6 is 0 Å². The molecule has 0 aliphatic carbocycles. The maximum absolute atomic E-state index is 5.74. The minimum atomic E-state index is 0.115. The Labute approximate surface area is 167 Å². The third kappa shape index (κ3) is 3.23. The van der Waals surface area contributed by atoms with Crippen molar-refractivity contribution in [2.24, 2.45) is 0 Å². The molecule has 0 saturated heterocycles. The lowest BCUT2D eigenvalue weighted by Gasteiger charge is -2.16. The predicted octanol–water partition coefficient (Wildman–Crippen LogP) is 4.32. The van der Waals surface area contributed by atoms with Crippen molar-refractivity contribution in [1.82, 2.24) is 24.9 Å². The van der Waals surface area contributed by atoms with E-state index in [1.807, 2.05) is 36.4 Å². The second kappa shape index (κ2) is 6.87. The fraction of sp³-hybridized carbons (Fsp3) is 0.0909. The van der Waals surface area contributed by atoms with E-state index in [0.29, 0.717) is 11.6 Å². The zero-order valence-electron chi connectivity index (χ0n) is 15.8. The third-order valence-corrected chi connectivity index (χ3v) is 4.98. The average Bonchev–Trinajstić information content (AvgIpc) is 3.13. The maximum Gasteiger partial charge on any atom is 0.200 e. The highest BCUT2D eigenvalue weighted by atomic mass is 15.1. The molecule has 0 amide bonds. The van der Waals surface area contributed by atoms with Gasteiger partial charge < -0.3 is 16.0 Å². The van der Waals surface area contributed by atoms with Gasteiger partial charge in [0, 0.05) is 23.2 Å². The number of nitrogens with two attached hydrogens (primary N) is 1. The predicted molar refractivity (Wildman–Crippen MR) is 115 cm³/mol. The van der Waals surface area contributed by atoms with E-state index in [0.717, 1.165) is 33.4 Å². The highest BCUT2D eigenvalue weighted by Crippen LogP contribution is 2.29. The van der Waals surface area contributed by atoms with Gasteiger partial charge in [-0.15, -0.1) is 0 Å². The summed E-state index contributed by atoms with van der Waals surface area (Å²) in [5.74, 6) is 1.16. The third-order valence-electron chi connectivity index (χ3n) is 4.98. The van der Waals surface area contributed by atoms with Crippen molar-refractivity contribution in [2.75, 3.05) is 11.1 Å². The van der Waals surface area contributed by atoms with Gasteiger partial charge in [-0.2, -0.15) is 4.98 Å². The van der Waals surface area contributed by atoms with Gasteiger partial charge in [0.15, 0.2) is 11.6 Å². The number of nitrogens with zero attached hydrogens (tertiary/aromatic N) is 4. The zero-order chi connectivity index (χ0) is 19.8. The van der Waals surface area contributed by atoms with Crippen molar-refractivity contribution in [1.29, 1.82) is 0 Å². The lowest BCUT2D eigenvalue weighted by molar-refractivity contribution is 0.876. The number of aromatic nitrogens is 5.